The Labute approximate surface area is 180 Å². The first-order valence-corrected chi connectivity index (χ1v) is 10.2. The number of ether oxygens (including phenoxy) is 2. The molecular weight excluding hydrogens is 390 g/mol. The fourth-order valence-electron chi connectivity index (χ4n) is 3.11. The van der Waals surface area contributed by atoms with Crippen molar-refractivity contribution in [3.05, 3.63) is 96.3 Å². The first kappa shape index (κ1) is 20.3. The fourth-order valence-corrected chi connectivity index (χ4v) is 3.11. The molecule has 6 nitrogen and oxygen atoms in total. The molecule has 0 atom stereocenters. The molecule has 0 radical (unpaired) electrons. The van der Waals surface area contributed by atoms with Gasteiger partial charge in [-0.1, -0.05) is 48.5 Å². The van der Waals surface area contributed by atoms with Crippen LogP contribution in [0.25, 0.3) is 10.9 Å². The van der Waals surface area contributed by atoms with E-state index in [1.807, 2.05) is 60.7 Å². The van der Waals surface area contributed by atoms with Crippen molar-refractivity contribution in [2.75, 3.05) is 13.2 Å². The Morgan fingerprint density at radius 3 is 2.65 bits per heavy atom. The first-order chi connectivity index (χ1) is 15.3. The van der Waals surface area contributed by atoms with Crippen LogP contribution in [-0.4, -0.2) is 29.0 Å². The highest BCUT2D eigenvalue weighted by Gasteiger charge is 2.08. The zero-order valence-electron chi connectivity index (χ0n) is 17.0. The number of aromatic nitrogens is 2. The molecule has 2 heterocycles. The first-order valence-electron chi connectivity index (χ1n) is 10.2. The maximum atomic E-state index is 12.4. The third kappa shape index (κ3) is 5.57. The van der Waals surface area contributed by atoms with Crippen molar-refractivity contribution < 1.29 is 14.3 Å². The topological polar surface area (TPSA) is 73.3 Å². The molecule has 2 aromatic carbocycles. The van der Waals surface area contributed by atoms with Gasteiger partial charge < -0.3 is 14.8 Å². The molecule has 1 N–H and O–H groups in total. The van der Waals surface area contributed by atoms with E-state index in [0.29, 0.717) is 37.6 Å². The molecule has 0 spiro atoms. The molecule has 0 saturated heterocycles. The summed E-state index contributed by atoms with van der Waals surface area (Å²) in [6.45, 7) is 1.39. The van der Waals surface area contributed by atoms with E-state index in [4.69, 9.17) is 9.47 Å². The van der Waals surface area contributed by atoms with Gasteiger partial charge in [-0.05, 0) is 30.2 Å². The van der Waals surface area contributed by atoms with Crippen LogP contribution in [0.2, 0.25) is 0 Å². The van der Waals surface area contributed by atoms with E-state index < -0.39 is 0 Å². The molecule has 0 fully saturated rings. The number of para-hydroxylation sites is 1. The Bertz CT molecular complexity index is 1140. The summed E-state index contributed by atoms with van der Waals surface area (Å²) in [4.78, 5) is 21.0. The van der Waals surface area contributed by atoms with Gasteiger partial charge in [0.25, 0.3) is 5.91 Å². The highest BCUT2D eigenvalue weighted by molar-refractivity contribution is 5.94. The zero-order valence-corrected chi connectivity index (χ0v) is 17.0. The van der Waals surface area contributed by atoms with Gasteiger partial charge in [-0.25, -0.2) is 4.98 Å². The number of rotatable bonds is 9. The van der Waals surface area contributed by atoms with Gasteiger partial charge in [0.05, 0.1) is 6.61 Å². The summed E-state index contributed by atoms with van der Waals surface area (Å²) in [7, 11) is 0. The second-order valence-corrected chi connectivity index (χ2v) is 6.95. The molecule has 1 amide bonds. The molecule has 0 bridgehead atoms. The van der Waals surface area contributed by atoms with Crippen LogP contribution in [0.15, 0.2) is 85.2 Å². The standard InChI is InChI=1S/C25H23N3O3/c29-25(21-12-15-26-23(17-21)31-18-19-7-2-1-3-8-19)28-14-6-16-30-22-11-4-9-20-10-5-13-27-24(20)22/h1-5,7-13,15,17H,6,14,16,18H2,(H,28,29). The van der Waals surface area contributed by atoms with Crippen LogP contribution in [0.4, 0.5) is 0 Å². The van der Waals surface area contributed by atoms with Crippen LogP contribution in [0, 0.1) is 0 Å². The minimum Gasteiger partial charge on any atom is -0.491 e. The van der Waals surface area contributed by atoms with E-state index in [1.54, 1.807) is 24.5 Å². The summed E-state index contributed by atoms with van der Waals surface area (Å²) in [5, 5.41) is 3.94. The molecule has 0 aliphatic rings. The minimum atomic E-state index is -0.168. The van der Waals surface area contributed by atoms with E-state index in [9.17, 15) is 4.79 Å². The summed E-state index contributed by atoms with van der Waals surface area (Å²) in [5.41, 5.74) is 2.40. The van der Waals surface area contributed by atoms with Crippen molar-refractivity contribution in [3.63, 3.8) is 0 Å². The van der Waals surface area contributed by atoms with E-state index in [0.717, 1.165) is 22.2 Å². The predicted molar refractivity (Wildman–Crippen MR) is 119 cm³/mol. The number of fused-ring (bicyclic) bond motifs is 1. The number of benzene rings is 2. The molecule has 0 aliphatic carbocycles. The van der Waals surface area contributed by atoms with Gasteiger partial charge in [-0.2, -0.15) is 0 Å². The van der Waals surface area contributed by atoms with Crippen LogP contribution in [0.3, 0.4) is 0 Å². The van der Waals surface area contributed by atoms with Gasteiger partial charge in [-0.15, -0.1) is 0 Å². The second kappa shape index (κ2) is 10.2. The van der Waals surface area contributed by atoms with Crippen LogP contribution in [-0.2, 0) is 6.61 Å². The number of nitrogens with zero attached hydrogens (tertiary/aromatic N) is 2. The van der Waals surface area contributed by atoms with E-state index in [-0.39, 0.29) is 5.91 Å². The molecule has 156 valence electrons. The molecule has 6 heteroatoms. The van der Waals surface area contributed by atoms with Crippen LogP contribution in [0.1, 0.15) is 22.3 Å². The Kier molecular flexibility index (Phi) is 6.70. The molecule has 0 unspecified atom stereocenters. The Morgan fingerprint density at radius 1 is 0.871 bits per heavy atom. The van der Waals surface area contributed by atoms with Crippen molar-refractivity contribution in [3.8, 4) is 11.6 Å². The van der Waals surface area contributed by atoms with Crippen LogP contribution in [0.5, 0.6) is 11.6 Å². The smallest absolute Gasteiger partial charge is 0.251 e. The Hall–Kier alpha value is -3.93. The molecule has 2 aromatic heterocycles. The van der Waals surface area contributed by atoms with Gasteiger partial charge in [0.2, 0.25) is 5.88 Å². The number of nitrogens with one attached hydrogen (secondary N) is 1. The Balaban J connectivity index is 1.23. The van der Waals surface area contributed by atoms with E-state index in [2.05, 4.69) is 15.3 Å². The maximum absolute atomic E-state index is 12.4. The van der Waals surface area contributed by atoms with Gasteiger partial charge in [-0.3, -0.25) is 9.78 Å². The maximum Gasteiger partial charge on any atom is 0.251 e. The third-order valence-corrected chi connectivity index (χ3v) is 4.69. The SMILES string of the molecule is O=C(NCCCOc1cccc2cccnc12)c1ccnc(OCc2ccccc2)c1. The summed E-state index contributed by atoms with van der Waals surface area (Å²) in [6, 6.07) is 22.9. The lowest BCUT2D eigenvalue weighted by atomic mass is 10.2. The molecule has 4 rings (SSSR count). The quantitative estimate of drug-likeness (QED) is 0.412. The largest absolute Gasteiger partial charge is 0.491 e. The lowest BCUT2D eigenvalue weighted by Crippen LogP contribution is -2.25. The van der Waals surface area contributed by atoms with Gasteiger partial charge >= 0.3 is 0 Å². The lowest BCUT2D eigenvalue weighted by Gasteiger charge is -2.10. The van der Waals surface area contributed by atoms with Crippen molar-refractivity contribution in [2.45, 2.75) is 13.0 Å². The number of carbonyl (C=O) groups excluding carboxylic acids is 1. The normalized spacial score (nSPS) is 10.6. The summed E-state index contributed by atoms with van der Waals surface area (Å²) < 4.78 is 11.5. The minimum absolute atomic E-state index is 0.168. The monoisotopic (exact) mass is 413 g/mol. The summed E-state index contributed by atoms with van der Waals surface area (Å²) in [6.07, 6.45) is 4.01. The number of amides is 1. The average molecular weight is 413 g/mol. The summed E-state index contributed by atoms with van der Waals surface area (Å²) >= 11 is 0. The van der Waals surface area contributed by atoms with Crippen molar-refractivity contribution in [1.29, 1.82) is 0 Å². The fraction of sp³-hybridized carbons (Fsp3) is 0.160. The molecule has 0 aliphatic heterocycles. The number of pyridine rings is 2. The lowest BCUT2D eigenvalue weighted by molar-refractivity contribution is 0.0951. The number of carbonyl (C=O) groups is 1. The molecular formula is C25H23N3O3. The van der Waals surface area contributed by atoms with Crippen molar-refractivity contribution in [1.82, 2.24) is 15.3 Å². The highest BCUT2D eigenvalue weighted by atomic mass is 16.5. The average Bonchev–Trinajstić information content (AvgIpc) is 2.83. The van der Waals surface area contributed by atoms with E-state index >= 15 is 0 Å². The summed E-state index contributed by atoms with van der Waals surface area (Å²) in [5.74, 6) is 1.00. The molecule has 0 saturated carbocycles. The Morgan fingerprint density at radius 2 is 1.74 bits per heavy atom. The zero-order chi connectivity index (χ0) is 21.3. The molecule has 4 aromatic rings. The molecule has 31 heavy (non-hydrogen) atoms. The third-order valence-electron chi connectivity index (χ3n) is 4.69. The van der Waals surface area contributed by atoms with Crippen LogP contribution >= 0.6 is 0 Å². The van der Waals surface area contributed by atoms with Gasteiger partial charge in [0.15, 0.2) is 0 Å². The van der Waals surface area contributed by atoms with E-state index in [1.165, 1.54) is 0 Å². The van der Waals surface area contributed by atoms with Crippen molar-refractivity contribution in [2.24, 2.45) is 0 Å². The predicted octanol–water partition coefficient (Wildman–Crippen LogP) is 4.41. The second-order valence-electron chi connectivity index (χ2n) is 6.95. The van der Waals surface area contributed by atoms with Crippen molar-refractivity contribution >= 4 is 16.8 Å². The van der Waals surface area contributed by atoms with Crippen LogP contribution < -0.4 is 14.8 Å². The van der Waals surface area contributed by atoms with Gasteiger partial charge in [0.1, 0.15) is 17.9 Å². The van der Waals surface area contributed by atoms with Gasteiger partial charge in [0, 0.05) is 36.0 Å². The number of hydrogen-bond acceptors (Lipinski definition) is 5. The highest BCUT2D eigenvalue weighted by Crippen LogP contribution is 2.22. The number of hydrogen-bond donors (Lipinski definition) is 1.